The van der Waals surface area contributed by atoms with E-state index in [0.29, 0.717) is 31.0 Å². The molecule has 1 atom stereocenters. The van der Waals surface area contributed by atoms with E-state index in [9.17, 15) is 18.0 Å². The van der Waals surface area contributed by atoms with Crippen molar-refractivity contribution in [3.05, 3.63) is 29.3 Å². The normalized spacial score (nSPS) is 17.9. The van der Waals surface area contributed by atoms with E-state index in [4.69, 9.17) is 16.3 Å². The van der Waals surface area contributed by atoms with Crippen LogP contribution in [0.1, 0.15) is 33.6 Å². The van der Waals surface area contributed by atoms with Gasteiger partial charge in [0, 0.05) is 24.7 Å². The van der Waals surface area contributed by atoms with Gasteiger partial charge in [-0.15, -0.1) is 0 Å². The summed E-state index contributed by atoms with van der Waals surface area (Å²) in [6.07, 6.45) is 1.17. The van der Waals surface area contributed by atoms with E-state index in [2.05, 4.69) is 0 Å². The van der Waals surface area contributed by atoms with E-state index in [0.717, 1.165) is 0 Å². The third-order valence-electron chi connectivity index (χ3n) is 4.71. The van der Waals surface area contributed by atoms with Crippen LogP contribution in [-0.4, -0.2) is 62.3 Å². The van der Waals surface area contributed by atoms with E-state index in [-0.39, 0.29) is 36.4 Å². The summed E-state index contributed by atoms with van der Waals surface area (Å²) in [6, 6.07) is 6.00. The van der Waals surface area contributed by atoms with Crippen LogP contribution < -0.4 is 0 Å². The van der Waals surface area contributed by atoms with Crippen molar-refractivity contribution in [2.75, 3.05) is 32.8 Å². The van der Waals surface area contributed by atoms with Crippen molar-refractivity contribution in [1.29, 1.82) is 0 Å². The van der Waals surface area contributed by atoms with E-state index < -0.39 is 21.9 Å². The zero-order chi connectivity index (χ0) is 21.6. The van der Waals surface area contributed by atoms with Crippen LogP contribution in [0.2, 0.25) is 5.02 Å². The van der Waals surface area contributed by atoms with Crippen molar-refractivity contribution in [2.24, 2.45) is 11.8 Å². The molecule has 9 heteroatoms. The van der Waals surface area contributed by atoms with Crippen LogP contribution in [0.25, 0.3) is 0 Å². The van der Waals surface area contributed by atoms with Crippen LogP contribution >= 0.6 is 11.6 Å². The molecule has 0 aromatic heterocycles. The lowest BCUT2D eigenvalue weighted by Gasteiger charge is -2.34. The zero-order valence-electron chi connectivity index (χ0n) is 17.1. The Morgan fingerprint density at radius 2 is 1.93 bits per heavy atom. The van der Waals surface area contributed by atoms with Gasteiger partial charge in [0.15, 0.2) is 0 Å². The molecule has 1 aromatic carbocycles. The fourth-order valence-electron chi connectivity index (χ4n) is 3.41. The highest BCUT2D eigenvalue weighted by molar-refractivity contribution is 7.89. The molecule has 1 fully saturated rings. The highest BCUT2D eigenvalue weighted by Gasteiger charge is 2.35. The molecule has 29 heavy (non-hydrogen) atoms. The number of benzene rings is 1. The fourth-order valence-corrected chi connectivity index (χ4v) is 5.06. The van der Waals surface area contributed by atoms with Crippen LogP contribution in [0.5, 0.6) is 0 Å². The molecule has 1 heterocycles. The molecule has 1 aromatic rings. The number of hydrogen-bond donors (Lipinski definition) is 0. The number of nitrogens with zero attached hydrogens (tertiary/aromatic N) is 2. The molecule has 2 rings (SSSR count). The molecule has 0 unspecified atom stereocenters. The SMILES string of the molecule is CCOC(=O)CN(CC(C)C)C(=O)[C@@H]1CCCN(S(=O)(=O)c2ccc(Cl)cc2)C1. The lowest BCUT2D eigenvalue weighted by molar-refractivity contribution is -0.151. The van der Waals surface area contributed by atoms with Gasteiger partial charge in [0.25, 0.3) is 0 Å². The number of halogens is 1. The van der Waals surface area contributed by atoms with Gasteiger partial charge in [-0.05, 0) is 49.9 Å². The van der Waals surface area contributed by atoms with E-state index >= 15 is 0 Å². The van der Waals surface area contributed by atoms with Crippen molar-refractivity contribution in [3.63, 3.8) is 0 Å². The topological polar surface area (TPSA) is 84.0 Å². The largest absolute Gasteiger partial charge is 0.465 e. The lowest BCUT2D eigenvalue weighted by Crippen LogP contribution is -2.48. The predicted octanol–water partition coefficient (Wildman–Crippen LogP) is 2.79. The molecule has 1 amide bonds. The smallest absolute Gasteiger partial charge is 0.325 e. The first-order valence-corrected chi connectivity index (χ1v) is 11.7. The number of rotatable bonds is 8. The molecule has 1 aliphatic heterocycles. The number of hydrogen-bond acceptors (Lipinski definition) is 5. The number of ether oxygens (including phenoxy) is 1. The summed E-state index contributed by atoms with van der Waals surface area (Å²) >= 11 is 5.86. The third kappa shape index (κ3) is 6.42. The maximum atomic E-state index is 13.1. The maximum absolute atomic E-state index is 13.1. The number of sulfonamides is 1. The highest BCUT2D eigenvalue weighted by atomic mass is 35.5. The lowest BCUT2D eigenvalue weighted by atomic mass is 9.97. The van der Waals surface area contributed by atoms with Gasteiger partial charge in [-0.3, -0.25) is 9.59 Å². The summed E-state index contributed by atoms with van der Waals surface area (Å²) < 4.78 is 32.3. The second-order valence-corrected chi connectivity index (χ2v) is 9.95. The highest BCUT2D eigenvalue weighted by Crippen LogP contribution is 2.26. The molecule has 0 radical (unpaired) electrons. The minimum atomic E-state index is -3.71. The van der Waals surface area contributed by atoms with Crippen LogP contribution in [-0.2, 0) is 24.3 Å². The summed E-state index contributed by atoms with van der Waals surface area (Å²) in [6.45, 7) is 6.64. The Hall–Kier alpha value is -1.64. The van der Waals surface area contributed by atoms with Crippen molar-refractivity contribution in [1.82, 2.24) is 9.21 Å². The third-order valence-corrected chi connectivity index (χ3v) is 6.84. The van der Waals surface area contributed by atoms with Crippen LogP contribution in [0.15, 0.2) is 29.2 Å². The first kappa shape index (κ1) is 23.6. The summed E-state index contributed by atoms with van der Waals surface area (Å²) in [5.41, 5.74) is 0. The second-order valence-electron chi connectivity index (χ2n) is 7.57. The Morgan fingerprint density at radius 1 is 1.28 bits per heavy atom. The second kappa shape index (κ2) is 10.4. The number of carbonyl (C=O) groups is 2. The minimum absolute atomic E-state index is 0.0984. The average molecular weight is 445 g/mol. The fraction of sp³-hybridized carbons (Fsp3) is 0.600. The van der Waals surface area contributed by atoms with Gasteiger partial charge >= 0.3 is 5.97 Å². The molecule has 0 N–H and O–H groups in total. The quantitative estimate of drug-likeness (QED) is 0.575. The standard InChI is InChI=1S/C20H29ClN2O5S/c1-4-28-19(24)14-22(12-15(2)3)20(25)16-6-5-11-23(13-16)29(26,27)18-9-7-17(21)8-10-18/h7-10,15-16H,4-6,11-14H2,1-3H3/t16-/m1/s1. The monoisotopic (exact) mass is 444 g/mol. The number of carbonyl (C=O) groups excluding carboxylic acids is 2. The van der Waals surface area contributed by atoms with Gasteiger partial charge in [0.2, 0.25) is 15.9 Å². The van der Waals surface area contributed by atoms with E-state index in [1.165, 1.54) is 33.5 Å². The predicted molar refractivity (Wildman–Crippen MR) is 111 cm³/mol. The summed E-state index contributed by atoms with van der Waals surface area (Å²) in [5, 5.41) is 0.457. The van der Waals surface area contributed by atoms with Crippen molar-refractivity contribution < 1.29 is 22.7 Å². The first-order chi connectivity index (χ1) is 13.6. The summed E-state index contributed by atoms with van der Waals surface area (Å²) in [5.74, 6) is -0.976. The summed E-state index contributed by atoms with van der Waals surface area (Å²) in [4.78, 5) is 26.7. The molecule has 1 aliphatic rings. The maximum Gasteiger partial charge on any atom is 0.325 e. The Balaban J connectivity index is 2.15. The van der Waals surface area contributed by atoms with Crippen molar-refractivity contribution >= 4 is 33.5 Å². The van der Waals surface area contributed by atoms with Crippen LogP contribution in [0, 0.1) is 11.8 Å². The average Bonchev–Trinajstić information content (AvgIpc) is 2.67. The van der Waals surface area contributed by atoms with Gasteiger partial charge < -0.3 is 9.64 Å². The minimum Gasteiger partial charge on any atom is -0.465 e. The molecule has 1 saturated heterocycles. The first-order valence-electron chi connectivity index (χ1n) is 9.85. The Labute approximate surface area is 178 Å². The molecular formula is C20H29ClN2O5S. The molecule has 162 valence electrons. The van der Waals surface area contributed by atoms with E-state index in [1.807, 2.05) is 13.8 Å². The van der Waals surface area contributed by atoms with Crippen molar-refractivity contribution in [2.45, 2.75) is 38.5 Å². The van der Waals surface area contributed by atoms with Gasteiger partial charge in [-0.2, -0.15) is 4.31 Å². The number of piperidine rings is 1. The van der Waals surface area contributed by atoms with Gasteiger partial charge in [0.05, 0.1) is 17.4 Å². The van der Waals surface area contributed by atoms with Crippen molar-refractivity contribution in [3.8, 4) is 0 Å². The van der Waals surface area contributed by atoms with Gasteiger partial charge in [-0.25, -0.2) is 8.42 Å². The van der Waals surface area contributed by atoms with E-state index in [1.54, 1.807) is 6.92 Å². The Morgan fingerprint density at radius 3 is 2.52 bits per heavy atom. The zero-order valence-corrected chi connectivity index (χ0v) is 18.7. The molecule has 0 aliphatic carbocycles. The molecular weight excluding hydrogens is 416 g/mol. The molecule has 7 nitrogen and oxygen atoms in total. The van der Waals surface area contributed by atoms with Gasteiger partial charge in [0.1, 0.15) is 6.54 Å². The molecule has 0 spiro atoms. The van der Waals surface area contributed by atoms with Crippen LogP contribution in [0.4, 0.5) is 0 Å². The summed E-state index contributed by atoms with van der Waals surface area (Å²) in [7, 11) is -3.71. The van der Waals surface area contributed by atoms with Gasteiger partial charge in [-0.1, -0.05) is 25.4 Å². The Kier molecular flexibility index (Phi) is 8.48. The molecule has 0 bridgehead atoms. The number of esters is 1. The Bertz CT molecular complexity index is 811. The van der Waals surface area contributed by atoms with Crippen LogP contribution in [0.3, 0.4) is 0 Å². The molecule has 0 saturated carbocycles. The number of amides is 1.